The molecule has 31 heavy (non-hydrogen) atoms. The summed E-state index contributed by atoms with van der Waals surface area (Å²) in [5, 5.41) is 2.95. The number of nitrogens with zero attached hydrogens (tertiary/aromatic N) is 2. The molecule has 4 rings (SSSR count). The molecule has 2 heterocycles. The molecule has 1 unspecified atom stereocenters. The van der Waals surface area contributed by atoms with E-state index in [-0.39, 0.29) is 12.5 Å². The number of para-hydroxylation sites is 2. The van der Waals surface area contributed by atoms with E-state index < -0.39 is 16.1 Å². The molecule has 2 aromatic rings. The molecule has 1 fully saturated rings. The van der Waals surface area contributed by atoms with Crippen LogP contribution in [0.25, 0.3) is 0 Å². The number of hydrogen-bond acceptors (Lipinski definition) is 5. The van der Waals surface area contributed by atoms with Gasteiger partial charge in [-0.15, -0.1) is 0 Å². The Morgan fingerprint density at radius 3 is 2.45 bits per heavy atom. The Bertz CT molecular complexity index is 1030. The Morgan fingerprint density at radius 2 is 1.71 bits per heavy atom. The number of amides is 1. The van der Waals surface area contributed by atoms with Gasteiger partial charge in [-0.1, -0.05) is 42.8 Å². The zero-order valence-corrected chi connectivity index (χ0v) is 18.6. The summed E-state index contributed by atoms with van der Waals surface area (Å²) in [5.41, 5.74) is 2.73. The maximum atomic E-state index is 12.9. The highest BCUT2D eigenvalue weighted by Gasteiger charge is 2.34. The van der Waals surface area contributed by atoms with E-state index in [0.717, 1.165) is 31.5 Å². The third kappa shape index (κ3) is 5.19. The highest BCUT2D eigenvalue weighted by Crippen LogP contribution is 2.34. The van der Waals surface area contributed by atoms with Crippen LogP contribution in [0.1, 0.15) is 30.4 Å². The van der Waals surface area contributed by atoms with Crippen LogP contribution < -0.4 is 14.4 Å². The Hall–Kier alpha value is -2.58. The quantitative estimate of drug-likeness (QED) is 0.742. The molecule has 1 amide bonds. The van der Waals surface area contributed by atoms with Crippen LogP contribution in [0.2, 0.25) is 0 Å². The molecular formula is C23H29N3O4S. The van der Waals surface area contributed by atoms with Gasteiger partial charge in [0.15, 0.2) is 6.10 Å². The number of sulfonamides is 1. The highest BCUT2D eigenvalue weighted by molar-refractivity contribution is 7.92. The molecule has 1 N–H and O–H groups in total. The molecule has 2 aliphatic heterocycles. The summed E-state index contributed by atoms with van der Waals surface area (Å²) in [6, 6.07) is 15.0. The van der Waals surface area contributed by atoms with Crippen LogP contribution in [0.5, 0.6) is 5.75 Å². The van der Waals surface area contributed by atoms with E-state index >= 15 is 0 Å². The fraction of sp³-hybridized carbons (Fsp3) is 0.435. The molecule has 0 bridgehead atoms. The molecule has 0 aromatic heterocycles. The lowest BCUT2D eigenvalue weighted by Crippen LogP contribution is -2.50. The van der Waals surface area contributed by atoms with E-state index in [0.29, 0.717) is 18.0 Å². The van der Waals surface area contributed by atoms with Crippen LogP contribution in [-0.4, -0.2) is 51.2 Å². The first-order chi connectivity index (χ1) is 14.9. The zero-order chi connectivity index (χ0) is 21.8. The molecule has 166 valence electrons. The zero-order valence-electron chi connectivity index (χ0n) is 17.8. The fourth-order valence-corrected chi connectivity index (χ4v) is 5.11. The van der Waals surface area contributed by atoms with Crippen molar-refractivity contribution in [2.45, 2.75) is 38.5 Å². The Labute approximate surface area is 184 Å². The van der Waals surface area contributed by atoms with Gasteiger partial charge < -0.3 is 10.1 Å². The number of anilines is 1. The van der Waals surface area contributed by atoms with Crippen LogP contribution in [0.15, 0.2) is 48.5 Å². The van der Waals surface area contributed by atoms with Crippen LogP contribution in [0, 0.1) is 0 Å². The van der Waals surface area contributed by atoms with Crippen molar-refractivity contribution < 1.29 is 17.9 Å². The average molecular weight is 444 g/mol. The number of fused-ring (bicyclic) bond motifs is 1. The van der Waals surface area contributed by atoms with Gasteiger partial charge in [0.2, 0.25) is 10.0 Å². The first-order valence-electron chi connectivity index (χ1n) is 10.7. The van der Waals surface area contributed by atoms with Gasteiger partial charge >= 0.3 is 0 Å². The number of carbonyl (C=O) groups excluding carboxylic acids is 1. The monoisotopic (exact) mass is 443 g/mol. The van der Waals surface area contributed by atoms with Gasteiger partial charge in [-0.3, -0.25) is 14.0 Å². The van der Waals surface area contributed by atoms with E-state index in [1.807, 2.05) is 18.2 Å². The van der Waals surface area contributed by atoms with Crippen molar-refractivity contribution in [3.63, 3.8) is 0 Å². The summed E-state index contributed by atoms with van der Waals surface area (Å²) in [7, 11) is -3.53. The molecular weight excluding hydrogens is 414 g/mol. The van der Waals surface area contributed by atoms with Crippen LogP contribution in [0.4, 0.5) is 5.69 Å². The number of benzene rings is 2. The Kier molecular flexibility index (Phi) is 6.48. The van der Waals surface area contributed by atoms with Crippen molar-refractivity contribution >= 4 is 21.6 Å². The van der Waals surface area contributed by atoms with Crippen molar-refractivity contribution in [1.82, 2.24) is 10.2 Å². The van der Waals surface area contributed by atoms with E-state index in [9.17, 15) is 13.2 Å². The van der Waals surface area contributed by atoms with Gasteiger partial charge in [0, 0.05) is 13.1 Å². The van der Waals surface area contributed by atoms with Gasteiger partial charge in [-0.05, 0) is 49.2 Å². The number of likely N-dealkylation sites (tertiary alicyclic amines) is 1. The molecule has 0 saturated carbocycles. The number of carbonyl (C=O) groups is 1. The minimum absolute atomic E-state index is 0.0445. The smallest absolute Gasteiger partial charge is 0.263 e. The van der Waals surface area contributed by atoms with Gasteiger partial charge in [0.05, 0.1) is 18.5 Å². The first-order valence-corrected chi connectivity index (χ1v) is 12.6. The largest absolute Gasteiger partial charge is 0.476 e. The maximum absolute atomic E-state index is 12.9. The number of piperidine rings is 1. The molecule has 0 spiro atoms. The van der Waals surface area contributed by atoms with E-state index in [1.54, 1.807) is 24.3 Å². The van der Waals surface area contributed by atoms with Crippen molar-refractivity contribution in [3.8, 4) is 5.75 Å². The molecule has 0 radical (unpaired) electrons. The SMILES string of the molecule is CS(=O)(=O)N1CC(C(=O)NCc2ccccc2CN2CCCCC2)Oc2ccccc21. The van der Waals surface area contributed by atoms with E-state index in [1.165, 1.54) is 29.1 Å². The Morgan fingerprint density at radius 1 is 1.03 bits per heavy atom. The van der Waals surface area contributed by atoms with Crippen molar-refractivity contribution in [2.75, 3.05) is 30.2 Å². The topological polar surface area (TPSA) is 79.0 Å². The van der Waals surface area contributed by atoms with Gasteiger partial charge in [-0.25, -0.2) is 8.42 Å². The second-order valence-corrected chi connectivity index (χ2v) is 10.1. The third-order valence-electron chi connectivity index (χ3n) is 5.84. The van der Waals surface area contributed by atoms with Crippen LogP contribution >= 0.6 is 0 Å². The molecule has 1 atom stereocenters. The van der Waals surface area contributed by atoms with E-state index in [4.69, 9.17) is 4.74 Å². The summed E-state index contributed by atoms with van der Waals surface area (Å²) in [4.78, 5) is 15.3. The molecule has 2 aromatic carbocycles. The van der Waals surface area contributed by atoms with Crippen molar-refractivity contribution in [2.24, 2.45) is 0 Å². The highest BCUT2D eigenvalue weighted by atomic mass is 32.2. The molecule has 1 saturated heterocycles. The lowest BCUT2D eigenvalue weighted by atomic mass is 10.0. The summed E-state index contributed by atoms with van der Waals surface area (Å²) in [5.74, 6) is 0.0701. The fourth-order valence-electron chi connectivity index (χ4n) is 4.19. The lowest BCUT2D eigenvalue weighted by Gasteiger charge is -2.34. The first kappa shape index (κ1) is 21.6. The molecule has 0 aliphatic carbocycles. The van der Waals surface area contributed by atoms with Crippen molar-refractivity contribution in [3.05, 3.63) is 59.7 Å². The van der Waals surface area contributed by atoms with Gasteiger partial charge in [-0.2, -0.15) is 0 Å². The number of nitrogens with one attached hydrogen (secondary N) is 1. The second-order valence-electron chi connectivity index (χ2n) is 8.19. The molecule has 2 aliphatic rings. The molecule has 7 nitrogen and oxygen atoms in total. The van der Waals surface area contributed by atoms with Crippen LogP contribution in [-0.2, 0) is 27.9 Å². The number of rotatable bonds is 6. The second kappa shape index (κ2) is 9.28. The predicted octanol–water partition coefficient (Wildman–Crippen LogP) is 2.52. The van der Waals surface area contributed by atoms with E-state index in [2.05, 4.69) is 16.3 Å². The average Bonchev–Trinajstić information content (AvgIpc) is 2.77. The summed E-state index contributed by atoms with van der Waals surface area (Å²) < 4.78 is 31.6. The third-order valence-corrected chi connectivity index (χ3v) is 6.99. The molecule has 8 heteroatoms. The minimum Gasteiger partial charge on any atom is -0.476 e. The standard InChI is InChI=1S/C23H29N3O4S/c1-31(28,29)26-17-22(30-21-12-6-5-11-20(21)26)23(27)24-15-18-9-3-4-10-19(18)16-25-13-7-2-8-14-25/h3-6,9-12,22H,2,7-8,13-17H2,1H3,(H,24,27). The van der Waals surface area contributed by atoms with Gasteiger partial charge in [0.25, 0.3) is 5.91 Å². The van der Waals surface area contributed by atoms with Crippen LogP contribution in [0.3, 0.4) is 0 Å². The minimum atomic E-state index is -3.53. The summed E-state index contributed by atoms with van der Waals surface area (Å²) in [6.45, 7) is 3.43. The number of ether oxygens (including phenoxy) is 1. The summed E-state index contributed by atoms with van der Waals surface area (Å²) >= 11 is 0. The van der Waals surface area contributed by atoms with Gasteiger partial charge in [0.1, 0.15) is 5.75 Å². The maximum Gasteiger partial charge on any atom is 0.263 e. The normalized spacial score (nSPS) is 19.4. The number of hydrogen-bond donors (Lipinski definition) is 1. The summed E-state index contributed by atoms with van der Waals surface area (Å²) in [6.07, 6.45) is 4.00. The predicted molar refractivity (Wildman–Crippen MR) is 120 cm³/mol. The lowest BCUT2D eigenvalue weighted by molar-refractivity contribution is -0.127. The van der Waals surface area contributed by atoms with Crippen molar-refractivity contribution in [1.29, 1.82) is 0 Å². The Balaban J connectivity index is 1.44.